The molecule has 5 nitrogen and oxygen atoms in total. The van der Waals surface area contributed by atoms with Crippen LogP contribution in [0.4, 0.5) is 4.39 Å². The maximum Gasteiger partial charge on any atom is 0.253 e. The number of nitrogens with zero attached hydrogens (tertiary/aromatic N) is 2. The van der Waals surface area contributed by atoms with Crippen LogP contribution < -0.4 is 5.32 Å². The lowest BCUT2D eigenvalue weighted by Crippen LogP contribution is -2.39. The molecule has 1 aliphatic heterocycles. The van der Waals surface area contributed by atoms with Crippen molar-refractivity contribution in [1.82, 2.24) is 15.2 Å². The Morgan fingerprint density at radius 1 is 1.00 bits per heavy atom. The highest BCUT2D eigenvalue weighted by atomic mass is 19.1. The average Bonchev–Trinajstić information content (AvgIpc) is 2.83. The van der Waals surface area contributed by atoms with E-state index >= 15 is 0 Å². The van der Waals surface area contributed by atoms with Crippen LogP contribution in [0.1, 0.15) is 51.6 Å². The van der Waals surface area contributed by atoms with Gasteiger partial charge in [-0.1, -0.05) is 42.5 Å². The maximum absolute atomic E-state index is 13.4. The Labute approximate surface area is 193 Å². The third-order valence-electron chi connectivity index (χ3n) is 6.08. The first-order valence-electron chi connectivity index (χ1n) is 11.3. The van der Waals surface area contributed by atoms with Gasteiger partial charge in [0.2, 0.25) is 5.91 Å². The second-order valence-corrected chi connectivity index (χ2v) is 8.52. The van der Waals surface area contributed by atoms with Gasteiger partial charge in [0.15, 0.2) is 0 Å². The minimum absolute atomic E-state index is 0.112. The van der Waals surface area contributed by atoms with Crippen LogP contribution in [0.2, 0.25) is 0 Å². The fourth-order valence-electron chi connectivity index (χ4n) is 4.29. The van der Waals surface area contributed by atoms with Gasteiger partial charge in [-0.3, -0.25) is 14.6 Å². The van der Waals surface area contributed by atoms with E-state index in [-0.39, 0.29) is 30.1 Å². The first-order valence-corrected chi connectivity index (χ1v) is 11.3. The number of piperidine rings is 1. The minimum Gasteiger partial charge on any atom is -0.348 e. The molecule has 2 heterocycles. The smallest absolute Gasteiger partial charge is 0.253 e. The van der Waals surface area contributed by atoms with Crippen LogP contribution in [0.25, 0.3) is 0 Å². The number of hydrogen-bond acceptors (Lipinski definition) is 3. The number of nitrogens with one attached hydrogen (secondary N) is 1. The molecule has 0 bridgehead atoms. The number of aromatic nitrogens is 1. The molecular weight excluding hydrogens is 417 g/mol. The highest BCUT2D eigenvalue weighted by molar-refractivity contribution is 5.95. The summed E-state index contributed by atoms with van der Waals surface area (Å²) in [6, 6.07) is 19.6. The molecular formula is C27H28FN3O2. The number of hydrogen-bond donors (Lipinski definition) is 1. The van der Waals surface area contributed by atoms with E-state index in [2.05, 4.69) is 5.32 Å². The molecule has 0 spiro atoms. The Bertz CT molecular complexity index is 1130. The van der Waals surface area contributed by atoms with E-state index in [4.69, 9.17) is 4.98 Å². The lowest BCUT2D eigenvalue weighted by Gasteiger charge is -2.32. The van der Waals surface area contributed by atoms with E-state index in [1.807, 2.05) is 54.3 Å². The molecule has 3 aromatic rings. The van der Waals surface area contributed by atoms with Crippen molar-refractivity contribution in [2.45, 2.75) is 38.6 Å². The predicted octanol–water partition coefficient (Wildman–Crippen LogP) is 4.41. The number of benzene rings is 2. The summed E-state index contributed by atoms with van der Waals surface area (Å²) in [6.07, 6.45) is 1.93. The average molecular weight is 446 g/mol. The number of carbonyl (C=O) groups is 2. The van der Waals surface area contributed by atoms with Gasteiger partial charge in [-0.15, -0.1) is 0 Å². The van der Waals surface area contributed by atoms with Crippen LogP contribution in [0, 0.1) is 12.7 Å². The summed E-state index contributed by atoms with van der Waals surface area (Å²) in [4.78, 5) is 32.3. The Balaban J connectivity index is 1.40. The molecule has 1 aliphatic rings. The zero-order valence-electron chi connectivity index (χ0n) is 18.8. The number of carbonyl (C=O) groups excluding carboxylic acids is 2. The largest absolute Gasteiger partial charge is 0.348 e. The third kappa shape index (κ3) is 5.83. The van der Waals surface area contributed by atoms with Gasteiger partial charge in [0, 0.05) is 31.2 Å². The number of halogens is 1. The highest BCUT2D eigenvalue weighted by Crippen LogP contribution is 2.30. The summed E-state index contributed by atoms with van der Waals surface area (Å²) in [5.74, 6) is -0.303. The van der Waals surface area contributed by atoms with E-state index in [0.717, 1.165) is 29.8 Å². The molecule has 2 amide bonds. The number of likely N-dealkylation sites (tertiary alicyclic amines) is 1. The molecule has 0 atom stereocenters. The molecule has 0 aliphatic carbocycles. The molecule has 6 heteroatoms. The van der Waals surface area contributed by atoms with Crippen molar-refractivity contribution in [3.8, 4) is 0 Å². The van der Waals surface area contributed by atoms with Crippen LogP contribution in [-0.4, -0.2) is 34.8 Å². The molecule has 33 heavy (non-hydrogen) atoms. The van der Waals surface area contributed by atoms with Gasteiger partial charge in [0.05, 0.1) is 17.7 Å². The van der Waals surface area contributed by atoms with Crippen LogP contribution in [-0.2, 0) is 17.8 Å². The monoisotopic (exact) mass is 445 g/mol. The highest BCUT2D eigenvalue weighted by Gasteiger charge is 2.28. The van der Waals surface area contributed by atoms with Crippen molar-refractivity contribution in [3.05, 3.63) is 101 Å². The van der Waals surface area contributed by atoms with E-state index in [1.54, 1.807) is 12.1 Å². The zero-order chi connectivity index (χ0) is 23.2. The molecule has 2 aromatic carbocycles. The third-order valence-corrected chi connectivity index (χ3v) is 6.08. The van der Waals surface area contributed by atoms with Gasteiger partial charge in [0.1, 0.15) is 5.82 Å². The topological polar surface area (TPSA) is 62.3 Å². The number of pyridine rings is 1. The van der Waals surface area contributed by atoms with Gasteiger partial charge in [-0.25, -0.2) is 4.39 Å². The van der Waals surface area contributed by atoms with Crippen LogP contribution in [0.5, 0.6) is 0 Å². The van der Waals surface area contributed by atoms with Crippen LogP contribution in [0.15, 0.2) is 66.7 Å². The molecule has 0 saturated carbocycles. The molecule has 170 valence electrons. The summed E-state index contributed by atoms with van der Waals surface area (Å²) in [5, 5.41) is 2.89. The van der Waals surface area contributed by atoms with E-state index in [1.165, 1.54) is 12.1 Å². The van der Waals surface area contributed by atoms with Crippen molar-refractivity contribution in [2.24, 2.45) is 0 Å². The second kappa shape index (κ2) is 10.4. The van der Waals surface area contributed by atoms with Crippen molar-refractivity contribution in [2.75, 3.05) is 13.1 Å². The molecule has 1 saturated heterocycles. The van der Waals surface area contributed by atoms with Crippen molar-refractivity contribution >= 4 is 11.8 Å². The lowest BCUT2D eigenvalue weighted by molar-refractivity contribution is -0.131. The predicted molar refractivity (Wildman–Crippen MR) is 125 cm³/mol. The Morgan fingerprint density at radius 3 is 2.45 bits per heavy atom. The molecule has 0 radical (unpaired) electrons. The Morgan fingerprint density at radius 2 is 1.73 bits per heavy atom. The standard InChI is InChI=1S/C27H28FN3O2/c1-19-10-11-24(27(33)29-18-21-8-5-9-23(28)16-21)26(30-19)22-12-14-31(15-13-22)25(32)17-20-6-3-2-4-7-20/h2-11,16,22H,12-15,17-18H2,1H3,(H,29,33). The maximum atomic E-state index is 13.4. The van der Waals surface area contributed by atoms with Crippen LogP contribution in [0.3, 0.4) is 0 Å². The molecule has 0 unspecified atom stereocenters. The normalized spacial score (nSPS) is 14.2. The van der Waals surface area contributed by atoms with Gasteiger partial charge in [-0.2, -0.15) is 0 Å². The fraction of sp³-hybridized carbons (Fsp3) is 0.296. The SMILES string of the molecule is Cc1ccc(C(=O)NCc2cccc(F)c2)c(C2CCN(C(=O)Cc3ccccc3)CC2)n1. The summed E-state index contributed by atoms with van der Waals surface area (Å²) in [5.41, 5.74) is 3.90. The van der Waals surface area contributed by atoms with E-state index in [9.17, 15) is 14.0 Å². The lowest BCUT2D eigenvalue weighted by atomic mass is 9.89. The Hall–Kier alpha value is -3.54. The minimum atomic E-state index is -0.326. The van der Waals surface area contributed by atoms with Crippen LogP contribution >= 0.6 is 0 Å². The van der Waals surface area contributed by atoms with E-state index in [0.29, 0.717) is 30.6 Å². The fourth-order valence-corrected chi connectivity index (χ4v) is 4.29. The van der Waals surface area contributed by atoms with Gasteiger partial charge >= 0.3 is 0 Å². The number of aryl methyl sites for hydroxylation is 1. The molecule has 4 rings (SSSR count). The summed E-state index contributed by atoms with van der Waals surface area (Å²) in [7, 11) is 0. The van der Waals surface area contributed by atoms with Gasteiger partial charge in [-0.05, 0) is 55.2 Å². The second-order valence-electron chi connectivity index (χ2n) is 8.52. The quantitative estimate of drug-likeness (QED) is 0.612. The number of rotatable bonds is 6. The van der Waals surface area contributed by atoms with Gasteiger partial charge in [0.25, 0.3) is 5.91 Å². The molecule has 1 aromatic heterocycles. The van der Waals surface area contributed by atoms with Crippen molar-refractivity contribution < 1.29 is 14.0 Å². The summed E-state index contributed by atoms with van der Waals surface area (Å²) in [6.45, 7) is 3.46. The number of amides is 2. The van der Waals surface area contributed by atoms with E-state index < -0.39 is 0 Å². The summed E-state index contributed by atoms with van der Waals surface area (Å²) < 4.78 is 13.4. The zero-order valence-corrected chi connectivity index (χ0v) is 18.8. The first-order chi connectivity index (χ1) is 16.0. The Kier molecular flexibility index (Phi) is 7.13. The van der Waals surface area contributed by atoms with Gasteiger partial charge < -0.3 is 10.2 Å². The molecule has 1 N–H and O–H groups in total. The van der Waals surface area contributed by atoms with Crippen molar-refractivity contribution in [3.63, 3.8) is 0 Å². The summed E-state index contributed by atoms with van der Waals surface area (Å²) >= 11 is 0. The first kappa shape index (κ1) is 22.6. The molecule has 1 fully saturated rings. The van der Waals surface area contributed by atoms with Crippen molar-refractivity contribution in [1.29, 1.82) is 0 Å².